The number of nitrogens with one attached hydrogen (secondary N) is 1. The van der Waals surface area contributed by atoms with Crippen LogP contribution in [0.1, 0.15) is 31.4 Å². The van der Waals surface area contributed by atoms with Gasteiger partial charge in [-0.1, -0.05) is 36.4 Å². The predicted molar refractivity (Wildman–Crippen MR) is 108 cm³/mol. The van der Waals surface area contributed by atoms with Crippen molar-refractivity contribution >= 4 is 5.91 Å². The molecule has 146 valence electrons. The van der Waals surface area contributed by atoms with E-state index in [0.717, 1.165) is 11.1 Å². The highest BCUT2D eigenvalue weighted by Gasteiger charge is 2.16. The summed E-state index contributed by atoms with van der Waals surface area (Å²) >= 11 is 0. The molecule has 0 aliphatic carbocycles. The Bertz CT molecular complexity index is 717. The van der Waals surface area contributed by atoms with Crippen molar-refractivity contribution in [3.63, 3.8) is 0 Å². The van der Waals surface area contributed by atoms with Crippen LogP contribution in [0.4, 0.5) is 0 Å². The van der Waals surface area contributed by atoms with Crippen LogP contribution in [0, 0.1) is 0 Å². The van der Waals surface area contributed by atoms with Crippen LogP contribution in [0.25, 0.3) is 0 Å². The molecule has 0 bridgehead atoms. The highest BCUT2D eigenvalue weighted by molar-refractivity contribution is 5.76. The largest absolute Gasteiger partial charge is 0.493 e. The summed E-state index contributed by atoms with van der Waals surface area (Å²) in [6.45, 7) is 6.06. The van der Waals surface area contributed by atoms with Crippen LogP contribution in [-0.4, -0.2) is 37.6 Å². The van der Waals surface area contributed by atoms with Crippen molar-refractivity contribution in [3.8, 4) is 11.5 Å². The molecule has 0 aliphatic heterocycles. The van der Waals surface area contributed by atoms with E-state index in [-0.39, 0.29) is 11.9 Å². The van der Waals surface area contributed by atoms with Crippen LogP contribution in [0.15, 0.2) is 48.5 Å². The van der Waals surface area contributed by atoms with Crippen molar-refractivity contribution < 1.29 is 14.3 Å². The van der Waals surface area contributed by atoms with Crippen molar-refractivity contribution in [2.45, 2.75) is 39.4 Å². The van der Waals surface area contributed by atoms with Gasteiger partial charge in [0, 0.05) is 32.1 Å². The van der Waals surface area contributed by atoms with Gasteiger partial charge in [-0.3, -0.25) is 4.79 Å². The van der Waals surface area contributed by atoms with E-state index < -0.39 is 0 Å². The number of benzene rings is 2. The van der Waals surface area contributed by atoms with E-state index in [1.54, 1.807) is 14.2 Å². The molecule has 0 spiro atoms. The minimum Gasteiger partial charge on any atom is -0.493 e. The Morgan fingerprint density at radius 2 is 1.70 bits per heavy atom. The molecule has 1 N–H and O–H groups in total. The molecule has 0 aromatic heterocycles. The Morgan fingerprint density at radius 3 is 2.33 bits per heavy atom. The molecule has 2 aromatic carbocycles. The Labute approximate surface area is 162 Å². The molecule has 2 aromatic rings. The first-order valence-corrected chi connectivity index (χ1v) is 9.30. The number of methoxy groups -OCH3 is 2. The first-order valence-electron chi connectivity index (χ1n) is 9.30. The van der Waals surface area contributed by atoms with Gasteiger partial charge in [-0.25, -0.2) is 0 Å². The lowest BCUT2D eigenvalue weighted by atomic mass is 10.1. The second kappa shape index (κ2) is 10.6. The first kappa shape index (κ1) is 20.8. The lowest BCUT2D eigenvalue weighted by Crippen LogP contribution is -2.37. The molecule has 0 unspecified atom stereocenters. The summed E-state index contributed by atoms with van der Waals surface area (Å²) in [6, 6.07) is 16.1. The molecule has 2 rings (SSSR count). The lowest BCUT2D eigenvalue weighted by Gasteiger charge is -2.27. The number of nitrogens with zero attached hydrogens (tertiary/aromatic N) is 1. The van der Waals surface area contributed by atoms with Gasteiger partial charge >= 0.3 is 0 Å². The molecule has 0 atom stereocenters. The number of ether oxygens (including phenoxy) is 2. The van der Waals surface area contributed by atoms with E-state index >= 15 is 0 Å². The van der Waals surface area contributed by atoms with Gasteiger partial charge in [0.2, 0.25) is 5.91 Å². The number of carbonyl (C=O) groups excluding carboxylic acids is 1. The predicted octanol–water partition coefficient (Wildman–Crippen LogP) is 3.62. The molecular weight excluding hydrogens is 340 g/mol. The summed E-state index contributed by atoms with van der Waals surface area (Å²) in [5, 5.41) is 3.34. The summed E-state index contributed by atoms with van der Waals surface area (Å²) in [6.07, 6.45) is 0.471. The Balaban J connectivity index is 1.83. The van der Waals surface area contributed by atoms with Crippen LogP contribution >= 0.6 is 0 Å². The molecule has 0 saturated heterocycles. The lowest BCUT2D eigenvalue weighted by molar-refractivity contribution is -0.133. The second-order valence-electron chi connectivity index (χ2n) is 6.72. The minimum absolute atomic E-state index is 0.161. The van der Waals surface area contributed by atoms with Crippen LogP contribution in [0.5, 0.6) is 11.5 Å². The Hall–Kier alpha value is -2.53. The van der Waals surface area contributed by atoms with Crippen molar-refractivity contribution in [2.75, 3.05) is 20.8 Å². The maximum Gasteiger partial charge on any atom is 0.224 e. The minimum atomic E-state index is 0.161. The SMILES string of the molecule is COc1ccc(CNCCC(=O)N(Cc2ccccc2)C(C)C)cc1OC. The van der Waals surface area contributed by atoms with Crippen LogP contribution in [-0.2, 0) is 17.9 Å². The smallest absolute Gasteiger partial charge is 0.224 e. The van der Waals surface area contributed by atoms with Gasteiger partial charge in [0.25, 0.3) is 0 Å². The number of rotatable bonds is 10. The number of carbonyl (C=O) groups is 1. The van der Waals surface area contributed by atoms with E-state index in [1.807, 2.05) is 41.3 Å². The molecular formula is C22H30N2O3. The summed E-state index contributed by atoms with van der Waals surface area (Å²) < 4.78 is 10.6. The van der Waals surface area contributed by atoms with Gasteiger partial charge in [-0.05, 0) is 37.1 Å². The molecule has 27 heavy (non-hydrogen) atoms. The fourth-order valence-electron chi connectivity index (χ4n) is 2.90. The number of amides is 1. The van der Waals surface area contributed by atoms with E-state index in [1.165, 1.54) is 0 Å². The molecule has 0 radical (unpaired) electrons. The van der Waals surface area contributed by atoms with E-state index in [2.05, 4.69) is 31.3 Å². The van der Waals surface area contributed by atoms with Crippen molar-refractivity contribution in [2.24, 2.45) is 0 Å². The second-order valence-corrected chi connectivity index (χ2v) is 6.72. The summed E-state index contributed by atoms with van der Waals surface area (Å²) in [7, 11) is 3.25. The van der Waals surface area contributed by atoms with Crippen molar-refractivity contribution in [3.05, 3.63) is 59.7 Å². The maximum atomic E-state index is 12.6. The van der Waals surface area contributed by atoms with E-state index in [9.17, 15) is 4.79 Å². The standard InChI is InChI=1S/C22H30N2O3/c1-17(2)24(16-18-8-6-5-7-9-18)22(25)12-13-23-15-19-10-11-20(26-3)21(14-19)27-4/h5-11,14,17,23H,12-13,15-16H2,1-4H3. The molecule has 0 saturated carbocycles. The van der Waals surface area contributed by atoms with Gasteiger partial charge < -0.3 is 19.7 Å². The van der Waals surface area contributed by atoms with Crippen LogP contribution in [0.2, 0.25) is 0 Å². The zero-order valence-corrected chi connectivity index (χ0v) is 16.7. The fourth-order valence-corrected chi connectivity index (χ4v) is 2.90. The summed E-state index contributed by atoms with van der Waals surface area (Å²) in [4.78, 5) is 14.6. The Kier molecular flexibility index (Phi) is 8.14. The summed E-state index contributed by atoms with van der Waals surface area (Å²) in [5.74, 6) is 1.58. The normalized spacial score (nSPS) is 10.7. The third kappa shape index (κ3) is 6.29. The molecule has 5 nitrogen and oxygen atoms in total. The fraction of sp³-hybridized carbons (Fsp3) is 0.409. The van der Waals surface area contributed by atoms with Crippen molar-refractivity contribution in [1.29, 1.82) is 0 Å². The highest BCUT2D eigenvalue weighted by Crippen LogP contribution is 2.27. The highest BCUT2D eigenvalue weighted by atomic mass is 16.5. The molecule has 5 heteroatoms. The Morgan fingerprint density at radius 1 is 1.00 bits per heavy atom. The van der Waals surface area contributed by atoms with Crippen LogP contribution in [0.3, 0.4) is 0 Å². The monoisotopic (exact) mass is 370 g/mol. The van der Waals surface area contributed by atoms with Gasteiger partial charge in [-0.15, -0.1) is 0 Å². The van der Waals surface area contributed by atoms with Crippen molar-refractivity contribution in [1.82, 2.24) is 10.2 Å². The number of hydrogen-bond donors (Lipinski definition) is 1. The average molecular weight is 370 g/mol. The van der Waals surface area contributed by atoms with Gasteiger partial charge in [0.15, 0.2) is 11.5 Å². The zero-order chi connectivity index (χ0) is 19.6. The third-order valence-electron chi connectivity index (χ3n) is 4.43. The quantitative estimate of drug-likeness (QED) is 0.649. The first-order chi connectivity index (χ1) is 13.0. The molecule has 0 aliphatic rings. The van der Waals surface area contributed by atoms with E-state index in [0.29, 0.717) is 37.6 Å². The third-order valence-corrected chi connectivity index (χ3v) is 4.43. The van der Waals surface area contributed by atoms with Gasteiger partial charge in [-0.2, -0.15) is 0 Å². The van der Waals surface area contributed by atoms with Gasteiger partial charge in [0.05, 0.1) is 14.2 Å². The average Bonchev–Trinajstić information content (AvgIpc) is 2.69. The molecule has 0 fully saturated rings. The zero-order valence-electron chi connectivity index (χ0n) is 16.7. The molecule has 1 amide bonds. The number of hydrogen-bond acceptors (Lipinski definition) is 4. The maximum absolute atomic E-state index is 12.6. The van der Waals surface area contributed by atoms with Crippen LogP contribution < -0.4 is 14.8 Å². The summed E-state index contributed by atoms with van der Waals surface area (Å²) in [5.41, 5.74) is 2.24. The van der Waals surface area contributed by atoms with E-state index in [4.69, 9.17) is 9.47 Å². The topological polar surface area (TPSA) is 50.8 Å². The molecule has 0 heterocycles. The van der Waals surface area contributed by atoms with Gasteiger partial charge in [0.1, 0.15) is 0 Å².